The molecule has 3 N–H and O–H groups in total. The maximum absolute atomic E-state index is 5.42. The summed E-state index contributed by atoms with van der Waals surface area (Å²) in [5, 5.41) is 7.17. The summed E-state index contributed by atoms with van der Waals surface area (Å²) in [6.07, 6.45) is 2.71. The molecule has 0 spiro atoms. The number of ether oxygens (including phenoxy) is 1. The van der Waals surface area contributed by atoms with Gasteiger partial charge in [-0.2, -0.15) is 0 Å². The first kappa shape index (κ1) is 17.7. The van der Waals surface area contributed by atoms with E-state index < -0.39 is 0 Å². The molecule has 2 aromatic carbocycles. The third kappa shape index (κ3) is 5.18. The van der Waals surface area contributed by atoms with Crippen LogP contribution in [0.3, 0.4) is 0 Å². The average Bonchev–Trinajstić information content (AvgIpc) is 3.15. The molecule has 0 amide bonds. The van der Waals surface area contributed by atoms with Crippen LogP contribution in [0.2, 0.25) is 0 Å². The van der Waals surface area contributed by atoms with Gasteiger partial charge in [0.05, 0.1) is 20.2 Å². The van der Waals surface area contributed by atoms with Crippen molar-refractivity contribution < 1.29 is 9.64 Å². The fraction of sp³-hybridized carbons (Fsp3) is 0.350. The van der Waals surface area contributed by atoms with Crippen molar-refractivity contribution in [2.45, 2.75) is 25.9 Å². The summed E-state index contributed by atoms with van der Waals surface area (Å²) >= 11 is 5.42. The van der Waals surface area contributed by atoms with Crippen LogP contribution in [0.1, 0.15) is 24.0 Å². The highest BCUT2D eigenvalue weighted by atomic mass is 32.1. The first-order chi connectivity index (χ1) is 12.2. The van der Waals surface area contributed by atoms with E-state index in [0.29, 0.717) is 5.11 Å². The standard InChI is InChI=1S/C20H25N3OS/c1-24-19-10-8-18(9-11-19)22-20(25)21-14-16-6-2-3-7-17(16)15-23-12-4-5-13-23/h2-3,6-11H,4-5,12-15H2,1H3,(H2,21,22,25)/p+1. The molecule has 1 saturated heterocycles. The smallest absolute Gasteiger partial charge is 0.171 e. The summed E-state index contributed by atoms with van der Waals surface area (Å²) in [4.78, 5) is 1.69. The number of hydrogen-bond donors (Lipinski definition) is 3. The minimum atomic E-state index is 0.633. The lowest BCUT2D eigenvalue weighted by molar-refractivity contribution is -0.901. The molecule has 132 valence electrons. The molecule has 0 bridgehead atoms. The summed E-state index contributed by atoms with van der Waals surface area (Å²) in [7, 11) is 1.66. The average molecular weight is 357 g/mol. The zero-order valence-electron chi connectivity index (χ0n) is 14.7. The van der Waals surface area contributed by atoms with Gasteiger partial charge in [-0.1, -0.05) is 24.3 Å². The van der Waals surface area contributed by atoms with Crippen LogP contribution < -0.4 is 20.3 Å². The Hall–Kier alpha value is -2.11. The Bertz CT molecular complexity index is 696. The van der Waals surface area contributed by atoms with E-state index in [1.165, 1.54) is 37.1 Å². The van der Waals surface area contributed by atoms with Crippen molar-refractivity contribution in [2.24, 2.45) is 0 Å². The second kappa shape index (κ2) is 8.83. The monoisotopic (exact) mass is 356 g/mol. The summed E-state index contributed by atoms with van der Waals surface area (Å²) < 4.78 is 5.17. The summed E-state index contributed by atoms with van der Waals surface area (Å²) in [5.74, 6) is 0.836. The Labute approximate surface area is 155 Å². The lowest BCUT2D eigenvalue weighted by Crippen LogP contribution is -3.08. The van der Waals surface area contributed by atoms with Gasteiger partial charge < -0.3 is 20.3 Å². The Morgan fingerprint density at radius 1 is 1.04 bits per heavy atom. The van der Waals surface area contributed by atoms with Gasteiger partial charge in [-0.05, 0) is 42.0 Å². The lowest BCUT2D eigenvalue weighted by Gasteiger charge is -2.16. The van der Waals surface area contributed by atoms with Crippen LogP contribution in [0.5, 0.6) is 5.75 Å². The van der Waals surface area contributed by atoms with Crippen molar-refractivity contribution in [1.29, 1.82) is 0 Å². The van der Waals surface area contributed by atoms with Gasteiger partial charge in [0.25, 0.3) is 0 Å². The maximum atomic E-state index is 5.42. The van der Waals surface area contributed by atoms with E-state index in [4.69, 9.17) is 17.0 Å². The molecule has 25 heavy (non-hydrogen) atoms. The minimum absolute atomic E-state index is 0.633. The molecule has 2 aromatic rings. The van der Waals surface area contributed by atoms with Gasteiger partial charge in [0.1, 0.15) is 12.3 Å². The summed E-state index contributed by atoms with van der Waals surface area (Å²) in [6.45, 7) is 4.43. The predicted molar refractivity (Wildman–Crippen MR) is 106 cm³/mol. The summed E-state index contributed by atoms with van der Waals surface area (Å²) in [6, 6.07) is 16.4. The Kier molecular flexibility index (Phi) is 6.25. The van der Waals surface area contributed by atoms with Crippen LogP contribution >= 0.6 is 12.2 Å². The number of methoxy groups -OCH3 is 1. The van der Waals surface area contributed by atoms with Crippen LogP contribution in [0.4, 0.5) is 5.69 Å². The number of rotatable bonds is 6. The SMILES string of the molecule is COc1ccc(NC(=S)NCc2ccccc2C[NH+]2CCCC2)cc1. The molecule has 1 heterocycles. The molecule has 0 atom stereocenters. The molecule has 0 unspecified atom stereocenters. The third-order valence-electron chi connectivity index (χ3n) is 4.66. The largest absolute Gasteiger partial charge is 0.497 e. The normalized spacial score (nSPS) is 14.3. The molecule has 4 nitrogen and oxygen atoms in total. The van der Waals surface area contributed by atoms with Crippen LogP contribution in [0.25, 0.3) is 0 Å². The highest BCUT2D eigenvalue weighted by Crippen LogP contribution is 2.15. The van der Waals surface area contributed by atoms with Crippen molar-refractivity contribution in [1.82, 2.24) is 5.32 Å². The number of thiocarbonyl (C=S) groups is 1. The molecule has 0 aromatic heterocycles. The van der Waals surface area contributed by atoms with Crippen molar-refractivity contribution in [2.75, 3.05) is 25.5 Å². The Morgan fingerprint density at radius 2 is 1.72 bits per heavy atom. The van der Waals surface area contributed by atoms with E-state index in [-0.39, 0.29) is 0 Å². The van der Waals surface area contributed by atoms with Crippen molar-refractivity contribution in [3.63, 3.8) is 0 Å². The maximum Gasteiger partial charge on any atom is 0.171 e. The zero-order valence-corrected chi connectivity index (χ0v) is 15.5. The van der Waals surface area contributed by atoms with E-state index in [1.54, 1.807) is 12.0 Å². The van der Waals surface area contributed by atoms with E-state index in [0.717, 1.165) is 24.5 Å². The number of anilines is 1. The number of hydrogen-bond acceptors (Lipinski definition) is 2. The van der Waals surface area contributed by atoms with E-state index >= 15 is 0 Å². The van der Waals surface area contributed by atoms with E-state index in [2.05, 4.69) is 34.9 Å². The molecule has 5 heteroatoms. The van der Waals surface area contributed by atoms with Crippen molar-refractivity contribution >= 4 is 23.0 Å². The third-order valence-corrected chi connectivity index (χ3v) is 4.90. The van der Waals surface area contributed by atoms with Gasteiger partial charge in [0.2, 0.25) is 0 Å². The van der Waals surface area contributed by atoms with Gasteiger partial charge in [0, 0.05) is 30.6 Å². The molecule has 1 aliphatic rings. The molecular formula is C20H26N3OS+. The first-order valence-electron chi connectivity index (χ1n) is 8.84. The molecule has 1 fully saturated rings. The van der Waals surface area contributed by atoms with Gasteiger partial charge in [-0.25, -0.2) is 0 Å². The zero-order chi connectivity index (χ0) is 17.5. The van der Waals surface area contributed by atoms with Crippen molar-refractivity contribution in [3.05, 3.63) is 59.7 Å². The molecule has 0 aliphatic carbocycles. The van der Waals surface area contributed by atoms with E-state index in [1.807, 2.05) is 24.3 Å². The molecule has 0 saturated carbocycles. The first-order valence-corrected chi connectivity index (χ1v) is 9.24. The number of nitrogens with one attached hydrogen (secondary N) is 3. The van der Waals surface area contributed by atoms with E-state index in [9.17, 15) is 0 Å². The van der Waals surface area contributed by atoms with Crippen LogP contribution in [0, 0.1) is 0 Å². The Morgan fingerprint density at radius 3 is 2.40 bits per heavy atom. The quantitative estimate of drug-likeness (QED) is 0.695. The van der Waals surface area contributed by atoms with Crippen molar-refractivity contribution in [3.8, 4) is 5.75 Å². The van der Waals surface area contributed by atoms with Gasteiger partial charge >= 0.3 is 0 Å². The molecule has 3 rings (SSSR count). The molecule has 1 aliphatic heterocycles. The van der Waals surface area contributed by atoms with Gasteiger partial charge in [-0.3, -0.25) is 0 Å². The second-order valence-corrected chi connectivity index (χ2v) is 6.85. The van der Waals surface area contributed by atoms with Crippen LogP contribution in [-0.2, 0) is 13.1 Å². The van der Waals surface area contributed by atoms with Crippen LogP contribution in [0.15, 0.2) is 48.5 Å². The summed E-state index contributed by atoms with van der Waals surface area (Å²) in [5.41, 5.74) is 3.69. The minimum Gasteiger partial charge on any atom is -0.497 e. The van der Waals surface area contributed by atoms with Gasteiger partial charge in [0.15, 0.2) is 5.11 Å². The van der Waals surface area contributed by atoms with Gasteiger partial charge in [-0.15, -0.1) is 0 Å². The van der Waals surface area contributed by atoms with Crippen LogP contribution in [-0.4, -0.2) is 25.3 Å². The molecular weight excluding hydrogens is 330 g/mol. The number of likely N-dealkylation sites (tertiary alicyclic amines) is 1. The highest BCUT2D eigenvalue weighted by molar-refractivity contribution is 7.80. The molecule has 0 radical (unpaired) electrons. The fourth-order valence-corrected chi connectivity index (χ4v) is 3.44. The fourth-order valence-electron chi connectivity index (χ4n) is 3.25. The Balaban J connectivity index is 1.54. The number of quaternary nitrogens is 1. The predicted octanol–water partition coefficient (Wildman–Crippen LogP) is 2.36. The topological polar surface area (TPSA) is 37.7 Å². The second-order valence-electron chi connectivity index (χ2n) is 6.44. The lowest BCUT2D eigenvalue weighted by atomic mass is 10.1. The number of benzene rings is 2. The highest BCUT2D eigenvalue weighted by Gasteiger charge is 2.17.